The second-order valence-corrected chi connectivity index (χ2v) is 5.16. The molecule has 1 nitrogen and oxygen atoms in total. The lowest BCUT2D eigenvalue weighted by Gasteiger charge is -2.28. The number of benzene rings is 1. The number of halogens is 5. The molecule has 0 unspecified atom stereocenters. The van der Waals surface area contributed by atoms with Crippen molar-refractivity contribution < 1.29 is 17.6 Å². The lowest BCUT2D eigenvalue weighted by Crippen LogP contribution is -2.24. The molecule has 0 saturated heterocycles. The van der Waals surface area contributed by atoms with Gasteiger partial charge in [0, 0.05) is 11.6 Å². The Labute approximate surface area is 122 Å². The van der Waals surface area contributed by atoms with Gasteiger partial charge in [-0.1, -0.05) is 25.3 Å². The summed E-state index contributed by atoms with van der Waals surface area (Å²) < 4.78 is 51.2. The Morgan fingerprint density at radius 2 is 1.70 bits per heavy atom. The lowest BCUT2D eigenvalue weighted by atomic mass is 9.81. The first kappa shape index (κ1) is 17.2. The Kier molecular flexibility index (Phi) is 5.83. The molecule has 2 N–H and O–H groups in total. The van der Waals surface area contributed by atoms with E-state index in [0.29, 0.717) is 6.07 Å². The van der Waals surface area contributed by atoms with Crippen LogP contribution < -0.4 is 5.73 Å². The Morgan fingerprint density at radius 1 is 1.10 bits per heavy atom. The summed E-state index contributed by atoms with van der Waals surface area (Å²) in [7, 11) is 0. The van der Waals surface area contributed by atoms with Gasteiger partial charge in [0.15, 0.2) is 0 Å². The highest BCUT2D eigenvalue weighted by molar-refractivity contribution is 5.85. The third-order valence-corrected chi connectivity index (χ3v) is 3.84. The van der Waals surface area contributed by atoms with Crippen LogP contribution in [0.4, 0.5) is 17.6 Å². The number of alkyl halides is 3. The second-order valence-electron chi connectivity index (χ2n) is 5.16. The van der Waals surface area contributed by atoms with Crippen molar-refractivity contribution in [3.63, 3.8) is 0 Å². The molecule has 20 heavy (non-hydrogen) atoms. The maximum atomic E-state index is 13.8. The van der Waals surface area contributed by atoms with Crippen LogP contribution in [0.15, 0.2) is 18.2 Å². The molecular weight excluding hydrogens is 294 g/mol. The van der Waals surface area contributed by atoms with Crippen LogP contribution in [0.2, 0.25) is 0 Å². The maximum absolute atomic E-state index is 13.8. The van der Waals surface area contributed by atoms with Gasteiger partial charge in [0.1, 0.15) is 5.82 Å². The van der Waals surface area contributed by atoms with Crippen LogP contribution in [-0.4, -0.2) is 0 Å². The van der Waals surface area contributed by atoms with Crippen molar-refractivity contribution in [2.45, 2.75) is 44.3 Å². The van der Waals surface area contributed by atoms with E-state index in [1.807, 2.05) is 0 Å². The Balaban J connectivity index is 0.00000200. The number of hydrogen-bond acceptors (Lipinski definition) is 1. The number of rotatable bonds is 2. The molecule has 1 fully saturated rings. The van der Waals surface area contributed by atoms with Gasteiger partial charge in [-0.3, -0.25) is 0 Å². The van der Waals surface area contributed by atoms with Crippen molar-refractivity contribution in [2.75, 3.05) is 0 Å². The molecule has 1 aliphatic carbocycles. The first-order valence-electron chi connectivity index (χ1n) is 6.52. The molecule has 114 valence electrons. The average Bonchev–Trinajstić information content (AvgIpc) is 2.38. The minimum Gasteiger partial charge on any atom is -0.324 e. The van der Waals surface area contributed by atoms with Crippen LogP contribution >= 0.6 is 12.4 Å². The van der Waals surface area contributed by atoms with E-state index in [2.05, 4.69) is 0 Å². The largest absolute Gasteiger partial charge is 0.416 e. The molecule has 0 aromatic heterocycles. The van der Waals surface area contributed by atoms with Gasteiger partial charge >= 0.3 is 6.18 Å². The minimum atomic E-state index is -4.52. The molecule has 1 saturated carbocycles. The molecule has 0 amide bonds. The summed E-state index contributed by atoms with van der Waals surface area (Å²) in [6.07, 6.45) is 0.581. The third-order valence-electron chi connectivity index (χ3n) is 3.84. The van der Waals surface area contributed by atoms with E-state index in [-0.39, 0.29) is 23.9 Å². The standard InChI is InChI=1S/C14H17F4N.ClH/c15-12-8-10(14(16,17)18)6-7-11(12)13(19)9-4-2-1-3-5-9;/h6-9,13H,1-5,19H2;1H/t13-;/m1./s1. The zero-order valence-corrected chi connectivity index (χ0v) is 11.7. The van der Waals surface area contributed by atoms with E-state index in [9.17, 15) is 17.6 Å². The SMILES string of the molecule is Cl.N[C@@H](c1ccc(C(F)(F)F)cc1F)C1CCCCC1. The summed E-state index contributed by atoms with van der Waals surface area (Å²) in [6.45, 7) is 0. The van der Waals surface area contributed by atoms with Crippen molar-refractivity contribution in [1.82, 2.24) is 0 Å². The van der Waals surface area contributed by atoms with Crippen LogP contribution in [0.25, 0.3) is 0 Å². The summed E-state index contributed by atoms with van der Waals surface area (Å²) in [5, 5.41) is 0. The number of hydrogen-bond donors (Lipinski definition) is 1. The van der Waals surface area contributed by atoms with Gasteiger partial charge in [-0.05, 0) is 30.9 Å². The van der Waals surface area contributed by atoms with Gasteiger partial charge in [-0.25, -0.2) is 4.39 Å². The summed E-state index contributed by atoms with van der Waals surface area (Å²) in [6, 6.07) is 2.11. The maximum Gasteiger partial charge on any atom is 0.416 e. The van der Waals surface area contributed by atoms with E-state index < -0.39 is 23.6 Å². The monoisotopic (exact) mass is 311 g/mol. The Hall–Kier alpha value is -0.810. The predicted octanol–water partition coefficient (Wildman–Crippen LogP) is 4.85. The molecule has 0 bridgehead atoms. The first-order chi connectivity index (χ1) is 8.89. The zero-order chi connectivity index (χ0) is 14.0. The predicted molar refractivity (Wildman–Crippen MR) is 72.2 cm³/mol. The smallest absolute Gasteiger partial charge is 0.324 e. The minimum absolute atomic E-state index is 0. The van der Waals surface area contributed by atoms with Gasteiger partial charge < -0.3 is 5.73 Å². The van der Waals surface area contributed by atoms with Crippen molar-refractivity contribution in [3.8, 4) is 0 Å². The summed E-state index contributed by atoms with van der Waals surface area (Å²) in [4.78, 5) is 0. The molecule has 2 rings (SSSR count). The summed E-state index contributed by atoms with van der Waals surface area (Å²) >= 11 is 0. The molecular formula is C14H18ClF4N. The highest BCUT2D eigenvalue weighted by Crippen LogP contribution is 2.36. The fourth-order valence-corrected chi connectivity index (χ4v) is 2.72. The van der Waals surface area contributed by atoms with Crippen molar-refractivity contribution in [3.05, 3.63) is 35.1 Å². The molecule has 1 atom stereocenters. The van der Waals surface area contributed by atoms with Gasteiger partial charge in [0.25, 0.3) is 0 Å². The molecule has 0 radical (unpaired) electrons. The van der Waals surface area contributed by atoms with Crippen LogP contribution in [0.1, 0.15) is 49.3 Å². The molecule has 1 aromatic rings. The molecule has 0 spiro atoms. The highest BCUT2D eigenvalue weighted by atomic mass is 35.5. The molecule has 1 aromatic carbocycles. The van der Waals surface area contributed by atoms with Crippen molar-refractivity contribution >= 4 is 12.4 Å². The van der Waals surface area contributed by atoms with E-state index in [4.69, 9.17) is 5.73 Å². The van der Waals surface area contributed by atoms with Crippen LogP contribution in [0, 0.1) is 11.7 Å². The summed E-state index contributed by atoms with van der Waals surface area (Å²) in [5.41, 5.74) is 5.23. The highest BCUT2D eigenvalue weighted by Gasteiger charge is 2.32. The molecule has 1 aliphatic rings. The number of nitrogens with two attached hydrogens (primary N) is 1. The molecule has 0 aliphatic heterocycles. The van der Waals surface area contributed by atoms with E-state index in [1.54, 1.807) is 0 Å². The van der Waals surface area contributed by atoms with Gasteiger partial charge in [-0.2, -0.15) is 13.2 Å². The van der Waals surface area contributed by atoms with Crippen molar-refractivity contribution in [2.24, 2.45) is 11.7 Å². The van der Waals surface area contributed by atoms with Crippen LogP contribution in [0.3, 0.4) is 0 Å². The van der Waals surface area contributed by atoms with Crippen LogP contribution in [0.5, 0.6) is 0 Å². The molecule has 0 heterocycles. The van der Waals surface area contributed by atoms with E-state index in [1.165, 1.54) is 6.07 Å². The van der Waals surface area contributed by atoms with Gasteiger partial charge in [-0.15, -0.1) is 12.4 Å². The molecule has 6 heteroatoms. The Bertz CT molecular complexity index is 441. The second kappa shape index (κ2) is 6.76. The lowest BCUT2D eigenvalue weighted by molar-refractivity contribution is -0.137. The quantitative estimate of drug-likeness (QED) is 0.777. The van der Waals surface area contributed by atoms with E-state index in [0.717, 1.165) is 38.2 Å². The van der Waals surface area contributed by atoms with Gasteiger partial charge in [0.05, 0.1) is 5.56 Å². The first-order valence-corrected chi connectivity index (χ1v) is 6.52. The third kappa shape index (κ3) is 3.85. The fraction of sp³-hybridized carbons (Fsp3) is 0.571. The van der Waals surface area contributed by atoms with E-state index >= 15 is 0 Å². The topological polar surface area (TPSA) is 26.0 Å². The zero-order valence-electron chi connectivity index (χ0n) is 10.9. The summed E-state index contributed by atoms with van der Waals surface area (Å²) in [5.74, 6) is -0.687. The Morgan fingerprint density at radius 3 is 2.20 bits per heavy atom. The van der Waals surface area contributed by atoms with Gasteiger partial charge in [0.2, 0.25) is 0 Å². The normalized spacial score (nSPS) is 18.4. The van der Waals surface area contributed by atoms with Crippen LogP contribution in [-0.2, 0) is 6.18 Å². The average molecular weight is 312 g/mol. The van der Waals surface area contributed by atoms with Crippen molar-refractivity contribution in [1.29, 1.82) is 0 Å². The fourth-order valence-electron chi connectivity index (χ4n) is 2.72.